The standard InChI is InChI=1S/C7H9O2.C5H5.Fe/c1-8-6-4-3-5-7(6)9-2;1-2-4-5-3-1;/h3-5H,1-2H3;1-5H;. The Morgan fingerprint density at radius 2 is 1.13 bits per heavy atom. The zero-order valence-electron chi connectivity index (χ0n) is 8.79. The van der Waals surface area contributed by atoms with E-state index >= 15 is 0 Å². The number of methoxy groups -OCH3 is 2. The van der Waals surface area contributed by atoms with Gasteiger partial charge in [0.25, 0.3) is 0 Å². The minimum atomic E-state index is -3.17. The molecule has 10 saturated heterocycles. The average molecular weight is 246 g/mol. The van der Waals surface area contributed by atoms with Gasteiger partial charge in [0.05, 0.1) is 0 Å². The molecule has 15 heavy (non-hydrogen) atoms. The molecule has 10 aliphatic rings. The molecule has 82 valence electrons. The molecule has 3 heteroatoms. The van der Waals surface area contributed by atoms with E-state index in [1.54, 1.807) is 0 Å². The molecule has 0 aromatic rings. The van der Waals surface area contributed by atoms with Gasteiger partial charge >= 0.3 is 77.7 Å². The van der Waals surface area contributed by atoms with Crippen molar-refractivity contribution in [3.63, 3.8) is 0 Å². The van der Waals surface area contributed by atoms with E-state index in [-0.39, 0.29) is 0 Å². The van der Waals surface area contributed by atoms with Crippen LogP contribution in [0.5, 0.6) is 0 Å². The number of hydrogen-bond donors (Lipinski definition) is 0. The fourth-order valence-electron chi connectivity index (χ4n) is 17.3. The van der Waals surface area contributed by atoms with E-state index in [1.807, 2.05) is 14.2 Å². The van der Waals surface area contributed by atoms with Gasteiger partial charge in [0, 0.05) is 0 Å². The van der Waals surface area contributed by atoms with Crippen LogP contribution >= 0.6 is 0 Å². The Labute approximate surface area is 78.0 Å². The van der Waals surface area contributed by atoms with Gasteiger partial charge < -0.3 is 0 Å². The summed E-state index contributed by atoms with van der Waals surface area (Å²) in [6.45, 7) is -3.17. The molecule has 0 bridgehead atoms. The van der Waals surface area contributed by atoms with E-state index in [9.17, 15) is 0 Å². The second-order valence-electron chi connectivity index (χ2n) is 10.0. The van der Waals surface area contributed by atoms with Crippen molar-refractivity contribution in [2.45, 2.75) is 47.5 Å². The predicted molar refractivity (Wildman–Crippen MR) is 49.5 cm³/mol. The molecule has 10 heterocycles. The van der Waals surface area contributed by atoms with Gasteiger partial charge in [-0.15, -0.1) is 0 Å². The van der Waals surface area contributed by atoms with Gasteiger partial charge in [-0.1, -0.05) is 0 Å². The van der Waals surface area contributed by atoms with Gasteiger partial charge in [-0.25, -0.2) is 0 Å². The van der Waals surface area contributed by atoms with Crippen LogP contribution in [-0.4, -0.2) is 23.2 Å². The van der Waals surface area contributed by atoms with Crippen LogP contribution < -0.4 is 0 Å². The number of rotatable bonds is 2. The molecule has 4 atom stereocenters. The third-order valence-corrected chi connectivity index (χ3v) is 57.2. The Hall–Kier alpha value is 0.439. The molecule has 0 radical (unpaired) electrons. The molecule has 10 fully saturated rings. The SMILES string of the molecule is CO[C]12[CH]3[CH]4[CH]5[C]1(OC)[Fe]43521678[CH]2[CH]1[CH]6[CH]7[CH]28. The summed E-state index contributed by atoms with van der Waals surface area (Å²) in [6.07, 6.45) is 0. The van der Waals surface area contributed by atoms with Crippen LogP contribution in [0.25, 0.3) is 0 Å². The van der Waals surface area contributed by atoms with Crippen molar-refractivity contribution in [1.29, 1.82) is 0 Å². The Morgan fingerprint density at radius 1 is 0.733 bits per heavy atom. The Morgan fingerprint density at radius 3 is 1.27 bits per heavy atom. The summed E-state index contributed by atoms with van der Waals surface area (Å²) < 4.78 is 13.5. The number of fused-ring (bicyclic) bond motifs is 10. The zero-order chi connectivity index (χ0) is 9.35. The normalized spacial score (nSPS) is 139. The van der Waals surface area contributed by atoms with E-state index in [4.69, 9.17) is 9.47 Å². The Bertz CT molecular complexity index is 852. The van der Waals surface area contributed by atoms with Gasteiger partial charge in [-0.05, 0) is 0 Å². The second-order valence-corrected chi connectivity index (χ2v) is 33.1. The van der Waals surface area contributed by atoms with E-state index in [0.717, 1.165) is 0 Å². The van der Waals surface area contributed by atoms with Crippen LogP contribution in [0.3, 0.4) is 0 Å². The third kappa shape index (κ3) is 0.0410. The Kier molecular flexibility index (Phi) is 0.135. The quantitative estimate of drug-likeness (QED) is 0.697. The van der Waals surface area contributed by atoms with Crippen molar-refractivity contribution >= 4 is 0 Å². The first-order chi connectivity index (χ1) is 7.06. The molecule has 0 saturated carbocycles. The zero-order valence-corrected chi connectivity index (χ0v) is 9.89. The van der Waals surface area contributed by atoms with E-state index in [0.29, 0.717) is 9.00 Å². The first-order valence-electron chi connectivity index (χ1n) is 6.37. The number of hydrogen-bond acceptors (Lipinski definition) is 2. The Balaban J connectivity index is 1.90. The summed E-state index contributed by atoms with van der Waals surface area (Å²) >= 11 is 0. The molecular weight excluding hydrogens is 232 g/mol. The fraction of sp³-hybridized carbons (Fsp3) is 1.00. The molecule has 2 nitrogen and oxygen atoms in total. The van der Waals surface area contributed by atoms with Crippen LogP contribution in [0.1, 0.15) is 0 Å². The molecule has 0 aliphatic carbocycles. The van der Waals surface area contributed by atoms with E-state index in [2.05, 4.69) is 0 Å². The maximum atomic E-state index is 6.29. The van der Waals surface area contributed by atoms with Crippen molar-refractivity contribution in [3.8, 4) is 0 Å². The molecule has 0 N–H and O–H groups in total. The molecule has 10 rings (SSSR count). The molecule has 0 amide bonds. The van der Waals surface area contributed by atoms with Gasteiger partial charge in [0.2, 0.25) is 0 Å². The summed E-state index contributed by atoms with van der Waals surface area (Å²) in [6, 6.07) is 0. The predicted octanol–water partition coefficient (Wildman–Crippen LogP) is 2.48. The summed E-state index contributed by atoms with van der Waals surface area (Å²) in [4.78, 5) is 10.1. The van der Waals surface area contributed by atoms with Crippen LogP contribution in [0, 0.1) is 0 Å². The van der Waals surface area contributed by atoms with Crippen LogP contribution in [-0.2, 0) is 16.0 Å². The van der Waals surface area contributed by atoms with Crippen LogP contribution in [0.15, 0.2) is 0 Å². The van der Waals surface area contributed by atoms with Crippen molar-refractivity contribution < 1.29 is 16.0 Å². The van der Waals surface area contributed by atoms with Crippen LogP contribution in [0.4, 0.5) is 0 Å². The average Bonchev–Trinajstić information content (AvgIpc) is 3.21. The monoisotopic (exact) mass is 246 g/mol. The molecule has 0 aromatic heterocycles. The van der Waals surface area contributed by atoms with Crippen molar-refractivity contribution in [2.75, 3.05) is 14.2 Å². The van der Waals surface area contributed by atoms with Crippen molar-refractivity contribution in [2.24, 2.45) is 0 Å². The topological polar surface area (TPSA) is 18.5 Å². The summed E-state index contributed by atoms with van der Waals surface area (Å²) in [5.74, 6) is 0. The van der Waals surface area contributed by atoms with Crippen molar-refractivity contribution in [1.82, 2.24) is 0 Å². The van der Waals surface area contributed by atoms with Gasteiger partial charge in [0.15, 0.2) is 0 Å². The summed E-state index contributed by atoms with van der Waals surface area (Å²) in [7, 11) is 4.06. The van der Waals surface area contributed by atoms with Gasteiger partial charge in [-0.3, -0.25) is 0 Å². The molecule has 4 unspecified atom stereocenters. The molecule has 1 spiro atoms. The minimum absolute atomic E-state index is 0.459. The second kappa shape index (κ2) is 0.375. The molecule has 0 aromatic carbocycles. The molecular formula is C12H14FeO2. The number of ether oxygens (including phenoxy) is 2. The summed E-state index contributed by atoms with van der Waals surface area (Å²) in [5.41, 5.74) is 0. The third-order valence-electron chi connectivity index (χ3n) is 15.2. The maximum absolute atomic E-state index is 6.29. The molecule has 10 aliphatic heterocycles. The first kappa shape index (κ1) is 5.39. The fourth-order valence-corrected chi connectivity index (χ4v) is 90.8. The summed E-state index contributed by atoms with van der Waals surface area (Å²) in [5, 5.41) is 0. The van der Waals surface area contributed by atoms with Crippen LogP contribution in [0.2, 0.25) is 38.5 Å². The van der Waals surface area contributed by atoms with E-state index in [1.165, 1.54) is 38.5 Å². The van der Waals surface area contributed by atoms with E-state index < -0.39 is 6.51 Å². The first-order valence-corrected chi connectivity index (χ1v) is 12.6. The van der Waals surface area contributed by atoms with Gasteiger partial charge in [0.1, 0.15) is 0 Å². The van der Waals surface area contributed by atoms with Crippen molar-refractivity contribution in [3.05, 3.63) is 0 Å². The van der Waals surface area contributed by atoms with Gasteiger partial charge in [-0.2, -0.15) is 0 Å².